The molecule has 0 amide bonds. The molecule has 0 fully saturated rings. The summed E-state index contributed by atoms with van der Waals surface area (Å²) in [7, 11) is 3.20. The Kier molecular flexibility index (Phi) is 8.90. The van der Waals surface area contributed by atoms with Gasteiger partial charge in [-0.2, -0.15) is 14.6 Å². The van der Waals surface area contributed by atoms with Crippen LogP contribution in [-0.2, 0) is 0 Å². The quantitative estimate of drug-likeness (QED) is 0.119. The van der Waals surface area contributed by atoms with Crippen LogP contribution >= 0.6 is 23.1 Å². The first kappa shape index (κ1) is 29.4. The third kappa shape index (κ3) is 6.31. The van der Waals surface area contributed by atoms with Gasteiger partial charge in [-0.3, -0.25) is 4.79 Å². The van der Waals surface area contributed by atoms with Crippen LogP contribution in [0.3, 0.4) is 0 Å². The van der Waals surface area contributed by atoms with Crippen molar-refractivity contribution in [2.24, 2.45) is 0 Å². The Morgan fingerprint density at radius 2 is 1.73 bits per heavy atom. The lowest BCUT2D eigenvalue weighted by molar-refractivity contribution is 0.355. The molecule has 0 aliphatic carbocycles. The molecule has 8 nitrogen and oxygen atoms in total. The number of ether oxygens (including phenoxy) is 2. The predicted molar refractivity (Wildman–Crippen MR) is 179 cm³/mol. The fourth-order valence-electron chi connectivity index (χ4n) is 4.66. The predicted octanol–water partition coefficient (Wildman–Crippen LogP) is 6.63. The molecule has 0 spiro atoms. The van der Waals surface area contributed by atoms with E-state index in [1.807, 2.05) is 83.3 Å². The molecule has 0 bridgehead atoms. The van der Waals surface area contributed by atoms with Crippen LogP contribution in [-0.4, -0.2) is 44.4 Å². The van der Waals surface area contributed by atoms with E-state index in [2.05, 4.69) is 41.3 Å². The number of aromatic nitrogens is 5. The third-order valence-electron chi connectivity index (χ3n) is 6.97. The number of methoxy groups -OCH3 is 2. The molecule has 0 aliphatic rings. The van der Waals surface area contributed by atoms with Crippen molar-refractivity contribution >= 4 is 46.3 Å². The minimum absolute atomic E-state index is 0.218. The number of thioether (sulfide) groups is 1. The lowest BCUT2D eigenvalue weighted by atomic mass is 10.1. The number of rotatable bonds is 11. The maximum Gasteiger partial charge on any atom is 0.291 e. The number of para-hydroxylation sites is 1. The maximum atomic E-state index is 13.4. The number of thiazole rings is 1. The second-order valence-electron chi connectivity index (χ2n) is 9.97. The first-order valence-electron chi connectivity index (χ1n) is 14.3. The highest BCUT2D eigenvalue weighted by Gasteiger charge is 2.14. The minimum atomic E-state index is -0.218. The number of nitrogens with zero attached hydrogens (tertiary/aromatic N) is 5. The van der Waals surface area contributed by atoms with Gasteiger partial charge in [-0.25, -0.2) is 4.68 Å². The van der Waals surface area contributed by atoms with Crippen LogP contribution in [0.1, 0.15) is 36.7 Å². The van der Waals surface area contributed by atoms with Crippen molar-refractivity contribution < 1.29 is 9.47 Å². The van der Waals surface area contributed by atoms with Crippen LogP contribution < -0.4 is 19.6 Å². The monoisotopic (exact) mass is 621 g/mol. The van der Waals surface area contributed by atoms with E-state index in [1.54, 1.807) is 20.3 Å². The molecule has 3 aromatic carbocycles. The van der Waals surface area contributed by atoms with Crippen molar-refractivity contribution in [1.29, 1.82) is 0 Å². The molecular weight excluding hydrogens is 591 g/mol. The second-order valence-corrected chi connectivity index (χ2v) is 12.1. The first-order valence-corrected chi connectivity index (χ1v) is 16.1. The van der Waals surface area contributed by atoms with Crippen LogP contribution in [0, 0.1) is 0 Å². The molecule has 44 heavy (non-hydrogen) atoms. The molecule has 3 aromatic heterocycles. The van der Waals surface area contributed by atoms with Gasteiger partial charge in [0.05, 0.1) is 30.1 Å². The Morgan fingerprint density at radius 3 is 2.45 bits per heavy atom. The zero-order chi connectivity index (χ0) is 30.5. The van der Waals surface area contributed by atoms with Crippen molar-refractivity contribution in [3.63, 3.8) is 0 Å². The van der Waals surface area contributed by atoms with Crippen molar-refractivity contribution in [2.75, 3.05) is 20.0 Å². The van der Waals surface area contributed by atoms with E-state index in [4.69, 9.17) is 14.6 Å². The Labute approximate surface area is 263 Å². The topological polar surface area (TPSA) is 83.5 Å². The van der Waals surface area contributed by atoms with Crippen LogP contribution in [0.4, 0.5) is 0 Å². The Morgan fingerprint density at radius 1 is 0.932 bits per heavy atom. The normalized spacial score (nSPS) is 12.0. The number of fused-ring (bicyclic) bond motifs is 1. The molecule has 0 saturated heterocycles. The smallest absolute Gasteiger partial charge is 0.291 e. The summed E-state index contributed by atoms with van der Waals surface area (Å²) >= 11 is 3.17. The third-order valence-corrected chi connectivity index (χ3v) is 9.03. The molecular formula is C34H31N5O3S2. The molecule has 10 heteroatoms. The number of unbranched alkanes of at least 4 members (excludes halogenated alkanes) is 1. The standard InChI is InChI=1S/C34H31N5O3S2/c1-4-5-19-43-27-15-13-24(14-16-27)32-25(22-38(37-32)26-9-7-6-8-10-26)21-30-33(40)39-34(44-30)35-31(36-39)18-12-23-11-17-28(41-2)29(20-23)42-3/h6-18,20-22H,4-5,19H2,1-3H3/b18-12+,30-21-. The van der Waals surface area contributed by atoms with Gasteiger partial charge in [-0.05, 0) is 66.3 Å². The van der Waals surface area contributed by atoms with Gasteiger partial charge in [-0.15, -0.1) is 16.9 Å². The number of benzene rings is 3. The lowest BCUT2D eigenvalue weighted by Gasteiger charge is -2.07. The molecule has 0 atom stereocenters. The molecule has 0 aliphatic heterocycles. The molecule has 0 unspecified atom stereocenters. The summed E-state index contributed by atoms with van der Waals surface area (Å²) < 4.78 is 14.4. The lowest BCUT2D eigenvalue weighted by Crippen LogP contribution is -2.23. The van der Waals surface area contributed by atoms with Crippen LogP contribution in [0.2, 0.25) is 0 Å². The highest BCUT2D eigenvalue weighted by atomic mass is 32.2. The van der Waals surface area contributed by atoms with Crippen LogP contribution in [0.5, 0.6) is 11.5 Å². The Bertz CT molecular complexity index is 2030. The molecule has 6 rings (SSSR count). The molecule has 0 N–H and O–H groups in total. The van der Waals surface area contributed by atoms with E-state index in [1.165, 1.54) is 33.6 Å². The van der Waals surface area contributed by atoms with E-state index in [0.29, 0.717) is 26.8 Å². The average Bonchev–Trinajstić information content (AvgIpc) is 3.75. The zero-order valence-electron chi connectivity index (χ0n) is 24.6. The molecule has 0 radical (unpaired) electrons. The summed E-state index contributed by atoms with van der Waals surface area (Å²) in [5, 5.41) is 9.39. The molecule has 3 heterocycles. The van der Waals surface area contributed by atoms with Crippen LogP contribution in [0.25, 0.3) is 40.1 Å². The highest BCUT2D eigenvalue weighted by molar-refractivity contribution is 7.99. The summed E-state index contributed by atoms with van der Waals surface area (Å²) in [6.07, 6.45) is 9.87. The van der Waals surface area contributed by atoms with E-state index in [-0.39, 0.29) is 5.56 Å². The largest absolute Gasteiger partial charge is 0.493 e. The van der Waals surface area contributed by atoms with Gasteiger partial charge >= 0.3 is 0 Å². The average molecular weight is 622 g/mol. The molecule has 6 aromatic rings. The maximum absolute atomic E-state index is 13.4. The highest BCUT2D eigenvalue weighted by Crippen LogP contribution is 2.29. The van der Waals surface area contributed by atoms with Gasteiger partial charge in [0.15, 0.2) is 17.3 Å². The Balaban J connectivity index is 1.33. The second kappa shape index (κ2) is 13.3. The number of hydrogen-bond acceptors (Lipinski definition) is 8. The van der Waals surface area contributed by atoms with Gasteiger partial charge in [0.25, 0.3) is 5.56 Å². The van der Waals surface area contributed by atoms with E-state index < -0.39 is 0 Å². The van der Waals surface area contributed by atoms with Gasteiger partial charge in [0.1, 0.15) is 0 Å². The molecule has 222 valence electrons. The zero-order valence-corrected chi connectivity index (χ0v) is 26.3. The fraction of sp³-hybridized carbons (Fsp3) is 0.176. The van der Waals surface area contributed by atoms with E-state index in [9.17, 15) is 4.79 Å². The Hall–Kier alpha value is -4.67. The van der Waals surface area contributed by atoms with Crippen molar-refractivity contribution in [2.45, 2.75) is 24.7 Å². The molecule has 0 saturated carbocycles. The van der Waals surface area contributed by atoms with Gasteiger partial charge in [0.2, 0.25) is 4.96 Å². The van der Waals surface area contributed by atoms with Gasteiger partial charge in [0, 0.05) is 22.2 Å². The summed E-state index contributed by atoms with van der Waals surface area (Å²) in [6, 6.07) is 24.0. The SMILES string of the molecule is CCCCSc1ccc(-c2nn(-c3ccccc3)cc2/C=c2\sc3nc(/C=C/c4ccc(OC)c(OC)c4)nn3c2=O)cc1. The summed E-state index contributed by atoms with van der Waals surface area (Å²) in [5.41, 5.74) is 4.25. The fourth-order valence-corrected chi connectivity index (χ4v) is 6.56. The van der Waals surface area contributed by atoms with E-state index in [0.717, 1.165) is 33.8 Å². The first-order chi connectivity index (χ1) is 21.6. The van der Waals surface area contributed by atoms with Crippen LogP contribution in [0.15, 0.2) is 88.7 Å². The van der Waals surface area contributed by atoms with E-state index >= 15 is 0 Å². The summed E-state index contributed by atoms with van der Waals surface area (Å²) in [6.45, 7) is 2.21. The van der Waals surface area contributed by atoms with Gasteiger partial charge in [-0.1, -0.05) is 67.2 Å². The van der Waals surface area contributed by atoms with Gasteiger partial charge < -0.3 is 9.47 Å². The summed E-state index contributed by atoms with van der Waals surface area (Å²) in [4.78, 5) is 19.8. The summed E-state index contributed by atoms with van der Waals surface area (Å²) in [5.74, 6) is 2.84. The van der Waals surface area contributed by atoms with Crippen molar-refractivity contribution in [3.8, 4) is 28.4 Å². The minimum Gasteiger partial charge on any atom is -0.493 e. The van der Waals surface area contributed by atoms with Crippen molar-refractivity contribution in [3.05, 3.63) is 111 Å². The number of hydrogen-bond donors (Lipinski definition) is 0. The van der Waals surface area contributed by atoms with Crippen molar-refractivity contribution in [1.82, 2.24) is 24.4 Å².